The van der Waals surface area contributed by atoms with Crippen LogP contribution < -0.4 is 5.32 Å². The largest absolute Gasteiger partial charge is 0.466 e. The van der Waals surface area contributed by atoms with Gasteiger partial charge in [-0.2, -0.15) is 0 Å². The fourth-order valence-electron chi connectivity index (χ4n) is 1.25. The van der Waals surface area contributed by atoms with Crippen molar-refractivity contribution in [2.75, 3.05) is 20.3 Å². The van der Waals surface area contributed by atoms with Gasteiger partial charge in [0.05, 0.1) is 13.7 Å². The molecule has 0 amide bonds. The predicted molar refractivity (Wildman–Crippen MR) is 59.3 cm³/mol. The zero-order valence-electron chi connectivity index (χ0n) is 9.75. The lowest BCUT2D eigenvalue weighted by atomic mass is 9.83. The molecule has 0 spiro atoms. The van der Waals surface area contributed by atoms with E-state index in [9.17, 15) is 9.90 Å². The molecule has 2 N–H and O–H groups in total. The van der Waals surface area contributed by atoms with Crippen LogP contribution in [0.15, 0.2) is 12.3 Å². The fourth-order valence-corrected chi connectivity index (χ4v) is 1.25. The molecule has 0 aliphatic carbocycles. The standard InChI is InChI=1S/C11H21NO3/c1-4-11(5-2,9-13)8-12-7-6-10(14)15-3/h6-7,12-13H,4-5,8-9H2,1-3H3/b7-6+. The number of aliphatic hydroxyl groups is 1. The first-order valence-electron chi connectivity index (χ1n) is 5.23. The summed E-state index contributed by atoms with van der Waals surface area (Å²) in [6.07, 6.45) is 4.69. The van der Waals surface area contributed by atoms with Crippen LogP contribution in [0.4, 0.5) is 0 Å². The fraction of sp³-hybridized carbons (Fsp3) is 0.727. The molecular formula is C11H21NO3. The molecule has 0 rings (SSSR count). The number of hydrogen-bond acceptors (Lipinski definition) is 4. The molecule has 4 nitrogen and oxygen atoms in total. The van der Waals surface area contributed by atoms with Gasteiger partial charge < -0.3 is 15.2 Å². The Morgan fingerprint density at radius 1 is 1.47 bits per heavy atom. The van der Waals surface area contributed by atoms with Crippen LogP contribution in [-0.2, 0) is 9.53 Å². The summed E-state index contributed by atoms with van der Waals surface area (Å²) in [5.41, 5.74) is -0.0968. The van der Waals surface area contributed by atoms with Crippen LogP contribution in [0.2, 0.25) is 0 Å². The van der Waals surface area contributed by atoms with Gasteiger partial charge in [0.1, 0.15) is 0 Å². The molecule has 0 aliphatic rings. The van der Waals surface area contributed by atoms with Crippen LogP contribution in [0.5, 0.6) is 0 Å². The van der Waals surface area contributed by atoms with Crippen molar-refractivity contribution in [3.05, 3.63) is 12.3 Å². The van der Waals surface area contributed by atoms with E-state index < -0.39 is 0 Å². The molecule has 0 aromatic rings. The second-order valence-corrected chi connectivity index (χ2v) is 3.60. The third-order valence-corrected chi connectivity index (χ3v) is 2.85. The zero-order valence-corrected chi connectivity index (χ0v) is 9.75. The molecule has 0 unspecified atom stereocenters. The Morgan fingerprint density at radius 3 is 2.47 bits per heavy atom. The summed E-state index contributed by atoms with van der Waals surface area (Å²) in [4.78, 5) is 10.7. The molecule has 4 heteroatoms. The molecule has 0 aliphatic heterocycles. The maximum Gasteiger partial charge on any atom is 0.331 e. The third-order valence-electron chi connectivity index (χ3n) is 2.85. The van der Waals surface area contributed by atoms with E-state index in [0.717, 1.165) is 12.8 Å². The van der Waals surface area contributed by atoms with Crippen molar-refractivity contribution in [1.29, 1.82) is 0 Å². The number of carbonyl (C=O) groups excluding carboxylic acids is 1. The van der Waals surface area contributed by atoms with Crippen molar-refractivity contribution in [2.45, 2.75) is 26.7 Å². The number of esters is 1. The average molecular weight is 215 g/mol. The van der Waals surface area contributed by atoms with Crippen LogP contribution in [0, 0.1) is 5.41 Å². The monoisotopic (exact) mass is 215 g/mol. The molecule has 0 radical (unpaired) electrons. The number of hydrogen-bond donors (Lipinski definition) is 2. The number of nitrogens with one attached hydrogen (secondary N) is 1. The summed E-state index contributed by atoms with van der Waals surface area (Å²) in [5.74, 6) is -0.384. The molecule has 0 fully saturated rings. The zero-order chi connectivity index (χ0) is 11.7. The summed E-state index contributed by atoms with van der Waals surface area (Å²) in [7, 11) is 1.34. The maximum absolute atomic E-state index is 10.7. The van der Waals surface area contributed by atoms with Crippen LogP contribution in [0.3, 0.4) is 0 Å². The van der Waals surface area contributed by atoms with Crippen LogP contribution in [-0.4, -0.2) is 31.3 Å². The van der Waals surface area contributed by atoms with Crippen LogP contribution >= 0.6 is 0 Å². The average Bonchev–Trinajstić information content (AvgIpc) is 2.30. The summed E-state index contributed by atoms with van der Waals surface area (Å²) in [6, 6.07) is 0. The lowest BCUT2D eigenvalue weighted by molar-refractivity contribution is -0.134. The Bertz CT molecular complexity index is 202. The lowest BCUT2D eigenvalue weighted by Crippen LogP contribution is -2.34. The summed E-state index contributed by atoms with van der Waals surface area (Å²) >= 11 is 0. The van der Waals surface area contributed by atoms with Crippen molar-refractivity contribution in [3.8, 4) is 0 Å². The van der Waals surface area contributed by atoms with Gasteiger partial charge in [-0.25, -0.2) is 4.79 Å². The van der Waals surface area contributed by atoms with E-state index in [1.165, 1.54) is 13.2 Å². The first-order valence-corrected chi connectivity index (χ1v) is 5.23. The van der Waals surface area contributed by atoms with Gasteiger partial charge in [0.2, 0.25) is 0 Å². The van der Waals surface area contributed by atoms with E-state index >= 15 is 0 Å². The van der Waals surface area contributed by atoms with Crippen molar-refractivity contribution < 1.29 is 14.6 Å². The minimum absolute atomic E-state index is 0.0968. The quantitative estimate of drug-likeness (QED) is 0.492. The van der Waals surface area contributed by atoms with Gasteiger partial charge >= 0.3 is 5.97 Å². The van der Waals surface area contributed by atoms with E-state index in [2.05, 4.69) is 10.1 Å². The predicted octanol–water partition coefficient (Wildman–Crippen LogP) is 1.06. The Kier molecular flexibility index (Phi) is 6.79. The van der Waals surface area contributed by atoms with Crippen molar-refractivity contribution in [3.63, 3.8) is 0 Å². The number of aliphatic hydroxyl groups excluding tert-OH is 1. The highest BCUT2D eigenvalue weighted by Crippen LogP contribution is 2.24. The molecular weight excluding hydrogens is 194 g/mol. The van der Waals surface area contributed by atoms with Gasteiger partial charge in [0.25, 0.3) is 0 Å². The number of carbonyl (C=O) groups is 1. The number of methoxy groups -OCH3 is 1. The van der Waals surface area contributed by atoms with Gasteiger partial charge in [-0.15, -0.1) is 0 Å². The topological polar surface area (TPSA) is 58.6 Å². The first kappa shape index (κ1) is 14.0. The SMILES string of the molecule is CCC(CC)(CO)CN/C=C/C(=O)OC. The van der Waals surface area contributed by atoms with E-state index in [1.54, 1.807) is 6.20 Å². The molecule has 0 saturated carbocycles. The second-order valence-electron chi connectivity index (χ2n) is 3.60. The van der Waals surface area contributed by atoms with Crippen molar-refractivity contribution in [2.24, 2.45) is 5.41 Å². The Labute approximate surface area is 91.3 Å². The summed E-state index contributed by atoms with van der Waals surface area (Å²) < 4.78 is 4.45. The molecule has 0 heterocycles. The van der Waals surface area contributed by atoms with Crippen LogP contribution in [0.1, 0.15) is 26.7 Å². The normalized spacial score (nSPS) is 11.7. The third kappa shape index (κ3) is 4.83. The van der Waals surface area contributed by atoms with Gasteiger partial charge in [-0.05, 0) is 12.8 Å². The molecule has 0 atom stereocenters. The van der Waals surface area contributed by atoms with Crippen molar-refractivity contribution >= 4 is 5.97 Å². The van der Waals surface area contributed by atoms with Gasteiger partial charge in [-0.3, -0.25) is 0 Å². The van der Waals surface area contributed by atoms with Gasteiger partial charge in [0.15, 0.2) is 0 Å². The minimum atomic E-state index is -0.384. The first-order chi connectivity index (χ1) is 7.14. The number of rotatable bonds is 7. The van der Waals surface area contributed by atoms with Gasteiger partial charge in [-0.1, -0.05) is 13.8 Å². The van der Waals surface area contributed by atoms with Crippen molar-refractivity contribution in [1.82, 2.24) is 5.32 Å². The lowest BCUT2D eigenvalue weighted by Gasteiger charge is -2.29. The Hall–Kier alpha value is -1.03. The second kappa shape index (κ2) is 7.29. The minimum Gasteiger partial charge on any atom is -0.466 e. The van der Waals surface area contributed by atoms with Gasteiger partial charge in [0, 0.05) is 24.2 Å². The summed E-state index contributed by atoms with van der Waals surface area (Å²) in [6.45, 7) is 4.90. The molecule has 0 bridgehead atoms. The Morgan fingerprint density at radius 2 is 2.07 bits per heavy atom. The van der Waals surface area contributed by atoms with Crippen LogP contribution in [0.25, 0.3) is 0 Å². The molecule has 0 aromatic heterocycles. The highest BCUT2D eigenvalue weighted by molar-refractivity contribution is 5.81. The van der Waals surface area contributed by atoms with E-state index in [4.69, 9.17) is 0 Å². The molecule has 15 heavy (non-hydrogen) atoms. The molecule has 0 saturated heterocycles. The van der Waals surface area contributed by atoms with E-state index in [-0.39, 0.29) is 18.0 Å². The van der Waals surface area contributed by atoms with E-state index in [0.29, 0.717) is 6.54 Å². The molecule has 88 valence electrons. The maximum atomic E-state index is 10.7. The highest BCUT2D eigenvalue weighted by Gasteiger charge is 2.24. The smallest absolute Gasteiger partial charge is 0.331 e. The number of ether oxygens (including phenoxy) is 1. The summed E-state index contributed by atoms with van der Waals surface area (Å²) in [5, 5.41) is 12.3. The highest BCUT2D eigenvalue weighted by atomic mass is 16.5. The Balaban J connectivity index is 4.01. The van der Waals surface area contributed by atoms with E-state index in [1.807, 2.05) is 13.8 Å². The molecule has 0 aromatic carbocycles.